The Hall–Kier alpha value is -3.20. The highest BCUT2D eigenvalue weighted by molar-refractivity contribution is 5.88. The zero-order chi connectivity index (χ0) is 19.4. The number of carbonyl (C=O) groups is 1. The number of aromatic nitrogens is 2. The Kier molecular flexibility index (Phi) is 9.12. The van der Waals surface area contributed by atoms with E-state index in [-0.39, 0.29) is 0 Å². The molecule has 0 aliphatic heterocycles. The second-order valence-electron chi connectivity index (χ2n) is 5.10. The third kappa shape index (κ3) is 6.02. The number of aliphatic imine (C=N–C) groups is 1. The van der Waals surface area contributed by atoms with Gasteiger partial charge in [0.1, 0.15) is 11.6 Å². The first-order valence-corrected chi connectivity index (χ1v) is 7.92. The molecule has 0 saturated carbocycles. The van der Waals surface area contributed by atoms with Gasteiger partial charge in [0.15, 0.2) is 5.75 Å². The Morgan fingerprint density at radius 2 is 2.27 bits per heavy atom. The van der Waals surface area contributed by atoms with Crippen LogP contribution in [0.25, 0.3) is 17.1 Å². The molecule has 0 aliphatic carbocycles. The van der Waals surface area contributed by atoms with Gasteiger partial charge in [0, 0.05) is 11.8 Å². The Morgan fingerprint density at radius 1 is 1.54 bits per heavy atom. The van der Waals surface area contributed by atoms with Crippen LogP contribution in [0.5, 0.6) is 5.75 Å². The second kappa shape index (κ2) is 11.4. The summed E-state index contributed by atoms with van der Waals surface area (Å²) in [4.78, 5) is 22.4. The summed E-state index contributed by atoms with van der Waals surface area (Å²) in [5.41, 5.74) is 12.3. The third-order valence-electron chi connectivity index (χ3n) is 3.37. The van der Waals surface area contributed by atoms with Gasteiger partial charge in [-0.25, -0.2) is 9.78 Å². The number of carboxylic acids is 1. The van der Waals surface area contributed by atoms with Crippen molar-refractivity contribution in [2.75, 3.05) is 13.7 Å². The predicted molar refractivity (Wildman–Crippen MR) is 103 cm³/mol. The predicted octanol–water partition coefficient (Wildman–Crippen LogP) is 1.40. The summed E-state index contributed by atoms with van der Waals surface area (Å²) in [5.74, 6) is -0.287. The molecule has 1 heterocycles. The molecule has 140 valence electrons. The van der Waals surface area contributed by atoms with Crippen LogP contribution in [0.15, 0.2) is 29.5 Å². The topological polar surface area (TPSA) is 163 Å². The average molecular weight is 360 g/mol. The molecule has 0 bridgehead atoms. The van der Waals surface area contributed by atoms with Gasteiger partial charge < -0.3 is 26.3 Å². The van der Waals surface area contributed by atoms with Gasteiger partial charge in [0.2, 0.25) is 0 Å². The molecule has 0 amide bonds. The fourth-order valence-corrected chi connectivity index (χ4v) is 2.22. The number of nitrogens with two attached hydrogens (primary N) is 2. The first-order chi connectivity index (χ1) is 12.6. The van der Waals surface area contributed by atoms with E-state index in [1.54, 1.807) is 25.6 Å². The summed E-state index contributed by atoms with van der Waals surface area (Å²) in [6.45, 7) is 0.454. The normalized spacial score (nSPS) is 12.1. The number of ether oxygens (including phenoxy) is 1. The fourth-order valence-electron chi connectivity index (χ4n) is 2.22. The summed E-state index contributed by atoms with van der Waals surface area (Å²) in [6, 6.07) is 3.04. The number of hydrogen-bond acceptors (Lipinski definition) is 6. The highest BCUT2D eigenvalue weighted by atomic mass is 16.5. The van der Waals surface area contributed by atoms with E-state index in [0.717, 1.165) is 22.9 Å². The molecule has 0 aliphatic rings. The van der Waals surface area contributed by atoms with Crippen LogP contribution in [0.1, 0.15) is 18.4 Å². The number of aromatic amines is 1. The van der Waals surface area contributed by atoms with E-state index < -0.39 is 12.0 Å². The van der Waals surface area contributed by atoms with E-state index in [1.807, 2.05) is 12.1 Å². The Morgan fingerprint density at radius 3 is 2.88 bits per heavy atom. The molecule has 26 heavy (non-hydrogen) atoms. The average Bonchev–Trinajstić information content (AvgIpc) is 3.09. The highest BCUT2D eigenvalue weighted by Gasteiger charge is 2.13. The number of carboxylic acid groups (broad SMARTS) is 1. The zero-order valence-electron chi connectivity index (χ0n) is 14.6. The highest BCUT2D eigenvalue weighted by Crippen LogP contribution is 2.28. The van der Waals surface area contributed by atoms with Gasteiger partial charge >= 0.3 is 5.97 Å². The number of nitrogens with zero attached hydrogens (tertiary/aromatic N) is 2. The molecule has 0 fully saturated rings. The number of H-pyrrole nitrogens is 1. The van der Waals surface area contributed by atoms with Crippen molar-refractivity contribution in [3.8, 4) is 5.75 Å². The largest absolute Gasteiger partial charge is 0.494 e. The maximum Gasteiger partial charge on any atom is 0.328 e. The van der Waals surface area contributed by atoms with E-state index in [1.165, 1.54) is 6.21 Å². The lowest BCUT2D eigenvalue weighted by molar-refractivity contribution is -0.138. The summed E-state index contributed by atoms with van der Waals surface area (Å²) in [7, 11) is 1.59. The maximum absolute atomic E-state index is 11.1. The van der Waals surface area contributed by atoms with Crippen LogP contribution in [-0.2, 0) is 4.79 Å². The zero-order valence-corrected chi connectivity index (χ0v) is 14.6. The van der Waals surface area contributed by atoms with Gasteiger partial charge in [-0.15, -0.1) is 0 Å². The van der Waals surface area contributed by atoms with Gasteiger partial charge in [0.25, 0.3) is 0 Å². The summed E-state index contributed by atoms with van der Waals surface area (Å²) >= 11 is 0. The standard InChI is InChI=1S/C16H20N4O3.CH4N2/c1-23-15-11(6-7-12-14(15)20-10-19-12)4-3-9-18-13(16(21)22)5-2-8-17;2-1-3/h3-4,6-7,9-10,13H,2,5,8,17H2,1H3,(H,19,20)(H,21,22);1H,(H3,2,3)/b4-3+,18-9?;. The number of nitrogens with one attached hydrogen (secondary N) is 2. The van der Waals surface area contributed by atoms with E-state index in [4.69, 9.17) is 21.0 Å². The number of hydrogen-bond donors (Lipinski definition) is 5. The molecular formula is C17H24N6O3. The van der Waals surface area contributed by atoms with Crippen molar-refractivity contribution in [1.82, 2.24) is 9.97 Å². The van der Waals surface area contributed by atoms with Crippen molar-refractivity contribution in [3.63, 3.8) is 0 Å². The Balaban J connectivity index is 0.00000105. The SMILES string of the molecule is COc1c(/C=C/C=NC(CCCN)C(=O)O)ccc2[nH]cnc12.N=CN. The maximum atomic E-state index is 11.1. The summed E-state index contributed by atoms with van der Waals surface area (Å²) < 4.78 is 5.40. The smallest absolute Gasteiger partial charge is 0.328 e. The second-order valence-corrected chi connectivity index (χ2v) is 5.10. The van der Waals surface area contributed by atoms with Crippen LogP contribution >= 0.6 is 0 Å². The quantitative estimate of drug-likeness (QED) is 0.353. The van der Waals surface area contributed by atoms with Crippen LogP contribution < -0.4 is 16.2 Å². The van der Waals surface area contributed by atoms with Gasteiger partial charge in [-0.3, -0.25) is 10.4 Å². The molecule has 2 aromatic rings. The Labute approximate surface area is 151 Å². The lowest BCUT2D eigenvalue weighted by atomic mass is 10.1. The molecule has 1 aromatic carbocycles. The fraction of sp³-hybridized carbons (Fsp3) is 0.294. The van der Waals surface area contributed by atoms with E-state index >= 15 is 0 Å². The minimum atomic E-state index is -0.946. The van der Waals surface area contributed by atoms with Gasteiger partial charge in [-0.2, -0.15) is 0 Å². The molecule has 0 spiro atoms. The number of fused-ring (bicyclic) bond motifs is 1. The minimum Gasteiger partial charge on any atom is -0.494 e. The first kappa shape index (κ1) is 20.8. The van der Waals surface area contributed by atoms with Crippen LogP contribution in [0.4, 0.5) is 0 Å². The third-order valence-corrected chi connectivity index (χ3v) is 3.37. The van der Waals surface area contributed by atoms with Crippen LogP contribution in [-0.4, -0.2) is 53.3 Å². The van der Waals surface area contributed by atoms with Crippen molar-refractivity contribution in [2.45, 2.75) is 18.9 Å². The molecule has 0 saturated heterocycles. The van der Waals surface area contributed by atoms with Crippen molar-refractivity contribution in [1.29, 1.82) is 5.41 Å². The number of benzene rings is 1. The molecular weight excluding hydrogens is 336 g/mol. The van der Waals surface area contributed by atoms with Crippen molar-refractivity contribution in [3.05, 3.63) is 30.1 Å². The minimum absolute atomic E-state index is 0.429. The van der Waals surface area contributed by atoms with Crippen LogP contribution in [0.2, 0.25) is 0 Å². The van der Waals surface area contributed by atoms with Gasteiger partial charge in [0.05, 0.1) is 25.3 Å². The molecule has 7 N–H and O–H groups in total. The monoisotopic (exact) mass is 360 g/mol. The molecule has 1 aromatic heterocycles. The summed E-state index contributed by atoms with van der Waals surface area (Å²) in [6.07, 6.45) is 8.40. The van der Waals surface area contributed by atoms with E-state index in [0.29, 0.717) is 25.1 Å². The van der Waals surface area contributed by atoms with E-state index in [2.05, 4.69) is 20.7 Å². The van der Waals surface area contributed by atoms with Crippen LogP contribution in [0.3, 0.4) is 0 Å². The molecule has 1 unspecified atom stereocenters. The number of methoxy groups -OCH3 is 1. The van der Waals surface area contributed by atoms with Gasteiger partial charge in [-0.05, 0) is 43.7 Å². The molecule has 9 nitrogen and oxygen atoms in total. The summed E-state index contributed by atoms with van der Waals surface area (Å²) in [5, 5.41) is 14.9. The first-order valence-electron chi connectivity index (χ1n) is 7.92. The number of aliphatic carboxylic acids is 1. The lowest BCUT2D eigenvalue weighted by Crippen LogP contribution is -2.19. The number of rotatable bonds is 8. The van der Waals surface area contributed by atoms with Crippen molar-refractivity contribution in [2.24, 2.45) is 16.5 Å². The van der Waals surface area contributed by atoms with Crippen molar-refractivity contribution < 1.29 is 14.6 Å². The van der Waals surface area contributed by atoms with Crippen LogP contribution in [0, 0.1) is 5.41 Å². The molecule has 1 atom stereocenters. The number of allylic oxidation sites excluding steroid dienone is 1. The Bertz CT molecular complexity index is 769. The molecule has 9 heteroatoms. The molecule has 0 radical (unpaired) electrons. The number of imidazole rings is 1. The molecule has 2 rings (SSSR count). The van der Waals surface area contributed by atoms with Crippen molar-refractivity contribution >= 4 is 35.6 Å². The lowest BCUT2D eigenvalue weighted by Gasteiger charge is -2.05. The van der Waals surface area contributed by atoms with Gasteiger partial charge in [-0.1, -0.05) is 0 Å². The van der Waals surface area contributed by atoms with E-state index in [9.17, 15) is 4.79 Å².